The molecule has 0 saturated carbocycles. The lowest BCUT2D eigenvalue weighted by molar-refractivity contribution is -0.132. The lowest BCUT2D eigenvalue weighted by Crippen LogP contribution is -2.35. The molecule has 2 amide bonds. The predicted molar refractivity (Wildman–Crippen MR) is 100 cm³/mol. The highest BCUT2D eigenvalue weighted by Crippen LogP contribution is 2.25. The first-order chi connectivity index (χ1) is 12.7. The van der Waals surface area contributed by atoms with Gasteiger partial charge in [0.05, 0.1) is 18.5 Å². The molecule has 1 N–H and O–H groups in total. The van der Waals surface area contributed by atoms with Crippen molar-refractivity contribution in [1.29, 1.82) is 0 Å². The van der Waals surface area contributed by atoms with E-state index in [2.05, 4.69) is 5.32 Å². The van der Waals surface area contributed by atoms with Crippen LogP contribution in [0.4, 0.5) is 8.78 Å². The molecule has 0 spiro atoms. The minimum atomic E-state index is -0.961. The van der Waals surface area contributed by atoms with Crippen LogP contribution in [0.25, 0.3) is 0 Å². The monoisotopic (exact) mass is 394 g/mol. The summed E-state index contributed by atoms with van der Waals surface area (Å²) in [5, 5.41) is 3.31. The average Bonchev–Trinajstić information content (AvgIpc) is 2.62. The van der Waals surface area contributed by atoms with Crippen LogP contribution in [-0.2, 0) is 9.59 Å². The van der Waals surface area contributed by atoms with E-state index in [1.807, 2.05) is 0 Å². The van der Waals surface area contributed by atoms with Crippen molar-refractivity contribution >= 4 is 23.4 Å². The molecule has 2 unspecified atom stereocenters. The molecule has 0 saturated heterocycles. The molecule has 144 valence electrons. The maximum Gasteiger partial charge on any atom is 0.225 e. The normalized spacial score (nSPS) is 13.0. The average molecular weight is 395 g/mol. The van der Waals surface area contributed by atoms with E-state index in [9.17, 15) is 18.4 Å². The Balaban J connectivity index is 2.16. The molecular weight excluding hydrogens is 374 g/mol. The maximum absolute atomic E-state index is 13.5. The first-order valence-electron chi connectivity index (χ1n) is 8.42. The predicted octanol–water partition coefficient (Wildman–Crippen LogP) is 4.41. The Hall–Kier alpha value is -2.47. The van der Waals surface area contributed by atoms with Crippen LogP contribution in [0.1, 0.15) is 43.5 Å². The topological polar surface area (TPSA) is 49.4 Å². The summed E-state index contributed by atoms with van der Waals surface area (Å²) in [5.41, 5.74) is 1.23. The van der Waals surface area contributed by atoms with Crippen molar-refractivity contribution in [3.8, 4) is 0 Å². The summed E-state index contributed by atoms with van der Waals surface area (Å²) in [6.07, 6.45) is 0.0196. The number of amides is 2. The minimum Gasteiger partial charge on any atom is -0.349 e. The van der Waals surface area contributed by atoms with E-state index >= 15 is 0 Å². The van der Waals surface area contributed by atoms with Gasteiger partial charge in [-0.15, -0.1) is 0 Å². The van der Waals surface area contributed by atoms with Gasteiger partial charge in [0, 0.05) is 19.0 Å². The van der Waals surface area contributed by atoms with E-state index in [1.54, 1.807) is 38.2 Å². The van der Waals surface area contributed by atoms with Crippen molar-refractivity contribution in [3.63, 3.8) is 0 Å². The Kier molecular flexibility index (Phi) is 6.91. The molecule has 0 heterocycles. The van der Waals surface area contributed by atoms with Crippen LogP contribution in [0.2, 0.25) is 5.02 Å². The van der Waals surface area contributed by atoms with Gasteiger partial charge in [0.2, 0.25) is 11.8 Å². The van der Waals surface area contributed by atoms with E-state index in [0.29, 0.717) is 10.6 Å². The van der Waals surface area contributed by atoms with E-state index in [0.717, 1.165) is 17.7 Å². The van der Waals surface area contributed by atoms with Gasteiger partial charge in [-0.25, -0.2) is 8.78 Å². The lowest BCUT2D eigenvalue weighted by Gasteiger charge is -2.28. The molecule has 0 aliphatic carbocycles. The first-order valence-corrected chi connectivity index (χ1v) is 8.80. The molecule has 0 fully saturated rings. The number of rotatable bonds is 6. The number of hydrogen-bond donors (Lipinski definition) is 1. The molecule has 4 nitrogen and oxygen atoms in total. The quantitative estimate of drug-likeness (QED) is 0.789. The summed E-state index contributed by atoms with van der Waals surface area (Å²) in [5.74, 6) is -2.41. The van der Waals surface area contributed by atoms with Crippen molar-refractivity contribution in [2.75, 3.05) is 7.05 Å². The number of nitrogens with one attached hydrogen (secondary N) is 1. The molecular formula is C20H21ClF2N2O2. The third-order valence-corrected chi connectivity index (χ3v) is 4.68. The Morgan fingerprint density at radius 1 is 1.07 bits per heavy atom. The molecule has 27 heavy (non-hydrogen) atoms. The van der Waals surface area contributed by atoms with Crippen molar-refractivity contribution < 1.29 is 18.4 Å². The molecule has 2 atom stereocenters. The Labute approximate surface area is 162 Å². The molecule has 0 aliphatic rings. The van der Waals surface area contributed by atoms with Crippen LogP contribution in [0.5, 0.6) is 0 Å². The fourth-order valence-electron chi connectivity index (χ4n) is 2.72. The second kappa shape index (κ2) is 8.95. The zero-order valence-electron chi connectivity index (χ0n) is 15.3. The standard InChI is InChI=1S/C20H21ClF2N2O2/c1-12(15-6-9-17(22)18(23)10-15)25(3)20(27)11-19(24-13(2)26)14-4-7-16(21)8-5-14/h4-10,12,19H,11H2,1-3H3,(H,24,26). The summed E-state index contributed by atoms with van der Waals surface area (Å²) in [6, 6.07) is 9.43. The fourth-order valence-corrected chi connectivity index (χ4v) is 2.85. The van der Waals surface area contributed by atoms with E-state index in [4.69, 9.17) is 11.6 Å². The second-order valence-corrected chi connectivity index (χ2v) is 6.80. The Bertz CT molecular complexity index is 827. The molecule has 0 aliphatic heterocycles. The fraction of sp³-hybridized carbons (Fsp3) is 0.300. The van der Waals surface area contributed by atoms with E-state index in [1.165, 1.54) is 17.9 Å². The van der Waals surface area contributed by atoms with Gasteiger partial charge >= 0.3 is 0 Å². The Morgan fingerprint density at radius 3 is 2.22 bits per heavy atom. The van der Waals surface area contributed by atoms with E-state index in [-0.39, 0.29) is 18.2 Å². The van der Waals surface area contributed by atoms with Crippen molar-refractivity contribution in [3.05, 3.63) is 70.2 Å². The molecule has 2 aromatic rings. The van der Waals surface area contributed by atoms with Gasteiger partial charge < -0.3 is 10.2 Å². The summed E-state index contributed by atoms with van der Waals surface area (Å²) >= 11 is 5.89. The molecule has 0 bridgehead atoms. The van der Waals surface area contributed by atoms with Gasteiger partial charge in [-0.05, 0) is 42.3 Å². The minimum absolute atomic E-state index is 0.0196. The number of carbonyl (C=O) groups excluding carboxylic acids is 2. The van der Waals surface area contributed by atoms with E-state index < -0.39 is 23.7 Å². The second-order valence-electron chi connectivity index (χ2n) is 6.36. The molecule has 7 heteroatoms. The van der Waals surface area contributed by atoms with Gasteiger partial charge in [-0.3, -0.25) is 9.59 Å². The van der Waals surface area contributed by atoms with Crippen molar-refractivity contribution in [2.24, 2.45) is 0 Å². The smallest absolute Gasteiger partial charge is 0.225 e. The van der Waals surface area contributed by atoms with Crippen LogP contribution < -0.4 is 5.32 Å². The molecule has 2 aromatic carbocycles. The van der Waals surface area contributed by atoms with Crippen LogP contribution in [0.15, 0.2) is 42.5 Å². The van der Waals surface area contributed by atoms with Crippen molar-refractivity contribution in [2.45, 2.75) is 32.4 Å². The van der Waals surface area contributed by atoms with Crippen molar-refractivity contribution in [1.82, 2.24) is 10.2 Å². The number of benzene rings is 2. The summed E-state index contributed by atoms with van der Waals surface area (Å²) < 4.78 is 26.6. The zero-order chi connectivity index (χ0) is 20.1. The molecule has 2 rings (SSSR count). The number of halogens is 3. The summed E-state index contributed by atoms with van der Waals surface area (Å²) in [7, 11) is 1.58. The third-order valence-electron chi connectivity index (χ3n) is 4.43. The van der Waals surface area contributed by atoms with Gasteiger partial charge in [0.1, 0.15) is 0 Å². The maximum atomic E-state index is 13.5. The SMILES string of the molecule is CC(=O)NC(CC(=O)N(C)C(C)c1ccc(F)c(F)c1)c1ccc(Cl)cc1. The molecule has 0 aromatic heterocycles. The highest BCUT2D eigenvalue weighted by atomic mass is 35.5. The zero-order valence-corrected chi connectivity index (χ0v) is 16.1. The number of nitrogens with zero attached hydrogens (tertiary/aromatic N) is 1. The van der Waals surface area contributed by atoms with Crippen LogP contribution >= 0.6 is 11.6 Å². The summed E-state index contributed by atoms with van der Waals surface area (Å²) in [6.45, 7) is 3.10. The first kappa shape index (κ1) is 20.8. The van der Waals surface area contributed by atoms with Gasteiger partial charge in [-0.2, -0.15) is 0 Å². The van der Waals surface area contributed by atoms with Gasteiger partial charge in [0.25, 0.3) is 0 Å². The molecule has 0 radical (unpaired) electrons. The largest absolute Gasteiger partial charge is 0.349 e. The third kappa shape index (κ3) is 5.50. The number of hydrogen-bond acceptors (Lipinski definition) is 2. The number of carbonyl (C=O) groups is 2. The summed E-state index contributed by atoms with van der Waals surface area (Å²) in [4.78, 5) is 25.7. The van der Waals surface area contributed by atoms with Gasteiger partial charge in [-0.1, -0.05) is 29.8 Å². The van der Waals surface area contributed by atoms with Crippen LogP contribution in [0, 0.1) is 11.6 Å². The highest BCUT2D eigenvalue weighted by Gasteiger charge is 2.23. The Morgan fingerprint density at radius 2 is 1.67 bits per heavy atom. The highest BCUT2D eigenvalue weighted by molar-refractivity contribution is 6.30. The van der Waals surface area contributed by atoms with Crippen LogP contribution in [0.3, 0.4) is 0 Å². The van der Waals surface area contributed by atoms with Crippen LogP contribution in [-0.4, -0.2) is 23.8 Å². The van der Waals surface area contributed by atoms with Gasteiger partial charge in [0.15, 0.2) is 11.6 Å². The lowest BCUT2D eigenvalue weighted by atomic mass is 10.0.